The molecule has 130 valence electrons. The molecular weight excluding hydrogens is 304 g/mol. The fourth-order valence-electron chi connectivity index (χ4n) is 2.51. The summed E-state index contributed by atoms with van der Waals surface area (Å²) in [6.45, 7) is 6.79. The van der Waals surface area contributed by atoms with Gasteiger partial charge in [0.1, 0.15) is 5.60 Å². The highest BCUT2D eigenvalue weighted by Gasteiger charge is 2.23. The number of hydrogen-bond acceptors (Lipinski definition) is 3. The van der Waals surface area contributed by atoms with Crippen LogP contribution in [0.2, 0.25) is 0 Å². The van der Waals surface area contributed by atoms with Crippen molar-refractivity contribution in [2.24, 2.45) is 0 Å². The second kappa shape index (κ2) is 7.07. The van der Waals surface area contributed by atoms with Crippen LogP contribution in [0.5, 0.6) is 0 Å². The van der Waals surface area contributed by atoms with E-state index in [1.807, 2.05) is 45.0 Å². The predicted molar refractivity (Wildman–Crippen MR) is 94.9 cm³/mol. The minimum absolute atomic E-state index is 0.00438. The summed E-state index contributed by atoms with van der Waals surface area (Å²) >= 11 is 0. The van der Waals surface area contributed by atoms with Gasteiger partial charge in [0.15, 0.2) is 0 Å². The summed E-state index contributed by atoms with van der Waals surface area (Å²) in [6, 6.07) is 7.62. The van der Waals surface area contributed by atoms with Crippen LogP contribution in [0.15, 0.2) is 30.3 Å². The molecule has 5 heteroatoms. The lowest BCUT2D eigenvalue weighted by Gasteiger charge is -2.29. The molecule has 5 nitrogen and oxygen atoms in total. The first-order chi connectivity index (χ1) is 11.2. The Morgan fingerprint density at radius 3 is 2.21 bits per heavy atom. The fraction of sp³-hybridized carbons (Fsp3) is 0.474. The average molecular weight is 330 g/mol. The van der Waals surface area contributed by atoms with Gasteiger partial charge in [0.2, 0.25) is 0 Å². The monoisotopic (exact) mass is 330 g/mol. The van der Waals surface area contributed by atoms with E-state index in [0.29, 0.717) is 18.7 Å². The van der Waals surface area contributed by atoms with Gasteiger partial charge in [0, 0.05) is 32.7 Å². The Hall–Kier alpha value is -2.30. The van der Waals surface area contributed by atoms with Crippen molar-refractivity contribution in [1.29, 1.82) is 0 Å². The largest absolute Gasteiger partial charge is 0.444 e. The highest BCUT2D eigenvalue weighted by atomic mass is 16.6. The van der Waals surface area contributed by atoms with Crippen molar-refractivity contribution in [3.8, 4) is 0 Å². The summed E-state index contributed by atoms with van der Waals surface area (Å²) in [5, 5.41) is 0. The summed E-state index contributed by atoms with van der Waals surface area (Å²) in [5.41, 5.74) is 2.49. The molecule has 0 N–H and O–H groups in total. The van der Waals surface area contributed by atoms with Gasteiger partial charge in [-0.05, 0) is 50.5 Å². The number of hydrogen-bond donors (Lipinski definition) is 0. The molecule has 0 atom stereocenters. The molecule has 2 amide bonds. The Labute approximate surface area is 143 Å². The van der Waals surface area contributed by atoms with E-state index in [1.165, 1.54) is 5.57 Å². The molecule has 0 spiro atoms. The molecule has 0 bridgehead atoms. The Morgan fingerprint density at radius 2 is 1.75 bits per heavy atom. The van der Waals surface area contributed by atoms with Crippen LogP contribution in [0, 0.1) is 0 Å². The van der Waals surface area contributed by atoms with Crippen LogP contribution in [-0.4, -0.2) is 54.6 Å². The quantitative estimate of drug-likeness (QED) is 0.835. The normalized spacial score (nSPS) is 14.9. The SMILES string of the molecule is CN(C)C(=O)c1ccc(C2=CCN(C(=O)OC(C)(C)C)CC2)cc1. The first kappa shape index (κ1) is 18.0. The molecule has 1 aliphatic rings. The molecule has 1 aromatic carbocycles. The van der Waals surface area contributed by atoms with Gasteiger partial charge in [-0.15, -0.1) is 0 Å². The summed E-state index contributed by atoms with van der Waals surface area (Å²) < 4.78 is 5.40. The summed E-state index contributed by atoms with van der Waals surface area (Å²) in [6.07, 6.45) is 2.56. The van der Waals surface area contributed by atoms with E-state index in [2.05, 4.69) is 6.08 Å². The second-order valence-corrected chi connectivity index (χ2v) is 7.18. The van der Waals surface area contributed by atoms with Gasteiger partial charge < -0.3 is 14.5 Å². The van der Waals surface area contributed by atoms with Gasteiger partial charge in [0.05, 0.1) is 0 Å². The molecule has 0 unspecified atom stereocenters. The van der Waals surface area contributed by atoms with Gasteiger partial charge in [-0.25, -0.2) is 4.79 Å². The molecule has 0 aromatic heterocycles. The second-order valence-electron chi connectivity index (χ2n) is 7.18. The molecule has 0 saturated heterocycles. The Balaban J connectivity index is 2.02. The maximum atomic E-state index is 12.1. The van der Waals surface area contributed by atoms with Crippen LogP contribution in [0.3, 0.4) is 0 Å². The third-order valence-electron chi connectivity index (χ3n) is 3.77. The molecule has 24 heavy (non-hydrogen) atoms. The van der Waals surface area contributed by atoms with Gasteiger partial charge in [0.25, 0.3) is 5.91 Å². The highest BCUT2D eigenvalue weighted by molar-refractivity contribution is 5.94. The van der Waals surface area contributed by atoms with Crippen molar-refractivity contribution in [1.82, 2.24) is 9.80 Å². The van der Waals surface area contributed by atoms with E-state index in [0.717, 1.165) is 12.0 Å². The molecular formula is C19H26N2O3. The van der Waals surface area contributed by atoms with E-state index in [1.54, 1.807) is 23.9 Å². The van der Waals surface area contributed by atoms with Crippen LogP contribution in [0.4, 0.5) is 4.79 Å². The molecule has 0 saturated carbocycles. The number of benzene rings is 1. The number of carbonyl (C=O) groups excluding carboxylic acids is 2. The van der Waals surface area contributed by atoms with Crippen LogP contribution in [0.25, 0.3) is 5.57 Å². The van der Waals surface area contributed by atoms with Crippen LogP contribution >= 0.6 is 0 Å². The minimum atomic E-state index is -0.476. The molecule has 1 aromatic rings. The molecule has 0 radical (unpaired) electrons. The third kappa shape index (κ3) is 4.60. The van der Waals surface area contributed by atoms with E-state index >= 15 is 0 Å². The van der Waals surface area contributed by atoms with Crippen molar-refractivity contribution in [3.63, 3.8) is 0 Å². The molecule has 0 aliphatic carbocycles. The number of rotatable bonds is 2. The third-order valence-corrected chi connectivity index (χ3v) is 3.77. The highest BCUT2D eigenvalue weighted by Crippen LogP contribution is 2.24. The average Bonchev–Trinajstić information content (AvgIpc) is 2.53. The smallest absolute Gasteiger partial charge is 0.410 e. The molecule has 2 rings (SSSR count). The van der Waals surface area contributed by atoms with E-state index in [-0.39, 0.29) is 12.0 Å². The van der Waals surface area contributed by atoms with Gasteiger partial charge >= 0.3 is 6.09 Å². The lowest BCUT2D eigenvalue weighted by molar-refractivity contribution is 0.0270. The van der Waals surface area contributed by atoms with Crippen molar-refractivity contribution >= 4 is 17.6 Å². The topological polar surface area (TPSA) is 49.9 Å². The summed E-state index contributed by atoms with van der Waals surface area (Å²) in [4.78, 5) is 27.3. The number of ether oxygens (including phenoxy) is 1. The first-order valence-electron chi connectivity index (χ1n) is 8.16. The van der Waals surface area contributed by atoms with Crippen LogP contribution in [0.1, 0.15) is 43.1 Å². The van der Waals surface area contributed by atoms with Gasteiger partial charge in [-0.2, -0.15) is 0 Å². The van der Waals surface area contributed by atoms with E-state index in [4.69, 9.17) is 4.74 Å². The number of nitrogens with zero attached hydrogens (tertiary/aromatic N) is 2. The van der Waals surface area contributed by atoms with E-state index in [9.17, 15) is 9.59 Å². The van der Waals surface area contributed by atoms with Crippen molar-refractivity contribution in [3.05, 3.63) is 41.5 Å². The Bertz CT molecular complexity index is 640. The van der Waals surface area contributed by atoms with Crippen molar-refractivity contribution < 1.29 is 14.3 Å². The fourth-order valence-corrected chi connectivity index (χ4v) is 2.51. The zero-order chi connectivity index (χ0) is 17.9. The molecule has 0 fully saturated rings. The maximum absolute atomic E-state index is 12.1. The summed E-state index contributed by atoms with van der Waals surface area (Å²) in [5.74, 6) is -0.00438. The number of amides is 2. The predicted octanol–water partition coefficient (Wildman–Crippen LogP) is 3.41. The van der Waals surface area contributed by atoms with Crippen LogP contribution in [-0.2, 0) is 4.74 Å². The van der Waals surface area contributed by atoms with Gasteiger partial charge in [-0.3, -0.25) is 4.79 Å². The maximum Gasteiger partial charge on any atom is 0.410 e. The van der Waals surface area contributed by atoms with E-state index < -0.39 is 5.60 Å². The van der Waals surface area contributed by atoms with Crippen molar-refractivity contribution in [2.75, 3.05) is 27.2 Å². The first-order valence-corrected chi connectivity index (χ1v) is 8.16. The van der Waals surface area contributed by atoms with Gasteiger partial charge in [-0.1, -0.05) is 18.2 Å². The standard InChI is InChI=1S/C19H26N2O3/c1-19(2,3)24-18(23)21-12-10-15(11-13-21)14-6-8-16(9-7-14)17(22)20(4)5/h6-10H,11-13H2,1-5H3. The molecule has 1 aliphatic heterocycles. The molecule has 1 heterocycles. The van der Waals surface area contributed by atoms with Crippen LogP contribution < -0.4 is 0 Å². The lowest BCUT2D eigenvalue weighted by Crippen LogP contribution is -2.39. The van der Waals surface area contributed by atoms with Crippen molar-refractivity contribution in [2.45, 2.75) is 32.8 Å². The Kier molecular flexibility index (Phi) is 5.32. The minimum Gasteiger partial charge on any atom is -0.444 e. The zero-order valence-corrected chi connectivity index (χ0v) is 15.1. The Morgan fingerprint density at radius 1 is 1.12 bits per heavy atom. The summed E-state index contributed by atoms with van der Waals surface area (Å²) in [7, 11) is 3.48. The zero-order valence-electron chi connectivity index (χ0n) is 15.1. The lowest BCUT2D eigenvalue weighted by atomic mass is 9.98. The number of carbonyl (C=O) groups is 2.